The van der Waals surface area contributed by atoms with E-state index in [9.17, 15) is 0 Å². The van der Waals surface area contributed by atoms with Crippen LogP contribution in [0.3, 0.4) is 0 Å². The third-order valence-corrected chi connectivity index (χ3v) is 3.70. The molecule has 0 aliphatic carbocycles. The van der Waals surface area contributed by atoms with Gasteiger partial charge in [0.2, 0.25) is 0 Å². The summed E-state index contributed by atoms with van der Waals surface area (Å²) in [6.07, 6.45) is 4.54. The van der Waals surface area contributed by atoms with Crippen LogP contribution >= 0.6 is 0 Å². The normalized spacial score (nSPS) is 13.7. The van der Waals surface area contributed by atoms with Crippen molar-refractivity contribution in [1.82, 2.24) is 20.4 Å². The molecule has 0 amide bonds. The fraction of sp³-hybridized carbons (Fsp3) is 0.846. The number of ether oxygens (including phenoxy) is 1. The van der Waals surface area contributed by atoms with E-state index in [4.69, 9.17) is 10.6 Å². The minimum Gasteiger partial charge on any atom is -0.373 e. The molecule has 0 saturated carbocycles. The molecular formula is C13H27N5O. The first-order chi connectivity index (χ1) is 9.18. The monoisotopic (exact) mass is 269 g/mol. The van der Waals surface area contributed by atoms with Crippen LogP contribution in [0.5, 0.6) is 0 Å². The second-order valence-corrected chi connectivity index (χ2v) is 4.69. The minimum absolute atomic E-state index is 0.107. The zero-order valence-corrected chi connectivity index (χ0v) is 12.5. The highest BCUT2D eigenvalue weighted by atomic mass is 16.5. The Hall–Kier alpha value is -0.980. The summed E-state index contributed by atoms with van der Waals surface area (Å²) in [5.74, 6) is 5.80. The molecule has 1 aromatic heterocycles. The van der Waals surface area contributed by atoms with Crippen LogP contribution in [0.4, 0.5) is 0 Å². The van der Waals surface area contributed by atoms with Crippen LogP contribution in [0.25, 0.3) is 0 Å². The highest BCUT2D eigenvalue weighted by molar-refractivity contribution is 5.10. The molecule has 0 spiro atoms. The van der Waals surface area contributed by atoms with Crippen LogP contribution in [0.15, 0.2) is 6.20 Å². The lowest BCUT2D eigenvalue weighted by atomic mass is 9.86. The molecular weight excluding hydrogens is 242 g/mol. The van der Waals surface area contributed by atoms with Gasteiger partial charge in [0, 0.05) is 13.2 Å². The van der Waals surface area contributed by atoms with Crippen molar-refractivity contribution in [3.8, 4) is 0 Å². The van der Waals surface area contributed by atoms with Crippen LogP contribution in [0.2, 0.25) is 0 Å². The van der Waals surface area contributed by atoms with E-state index in [-0.39, 0.29) is 11.6 Å². The Balaban J connectivity index is 3.11. The molecule has 3 N–H and O–H groups in total. The number of nitrogens with two attached hydrogens (primary N) is 1. The highest BCUT2D eigenvalue weighted by Gasteiger charge is 2.39. The molecule has 1 rings (SSSR count). The standard InChI is InChI=1S/C13H27N5O/c1-5-9-18-11(10-15-17-18)12(16-14)13(6-2,7-3)19-8-4/h10,12,16H,5-9,14H2,1-4H3. The third kappa shape index (κ3) is 3.32. The van der Waals surface area contributed by atoms with Gasteiger partial charge >= 0.3 is 0 Å². The van der Waals surface area contributed by atoms with E-state index in [1.54, 1.807) is 6.20 Å². The average Bonchev–Trinajstić information content (AvgIpc) is 2.87. The van der Waals surface area contributed by atoms with Gasteiger partial charge in [-0.25, -0.2) is 10.1 Å². The fourth-order valence-electron chi connectivity index (χ4n) is 2.61. The predicted molar refractivity (Wildman–Crippen MR) is 75.3 cm³/mol. The number of aryl methyl sites for hydroxylation is 1. The van der Waals surface area contributed by atoms with E-state index >= 15 is 0 Å². The van der Waals surface area contributed by atoms with Gasteiger partial charge in [-0.05, 0) is 26.2 Å². The molecule has 6 heteroatoms. The molecule has 0 fully saturated rings. The first-order valence-corrected chi connectivity index (χ1v) is 7.17. The second-order valence-electron chi connectivity index (χ2n) is 4.69. The molecule has 0 aliphatic rings. The number of hydrogen-bond acceptors (Lipinski definition) is 5. The zero-order valence-electron chi connectivity index (χ0n) is 12.5. The van der Waals surface area contributed by atoms with Crippen LogP contribution < -0.4 is 11.3 Å². The molecule has 1 unspecified atom stereocenters. The SMILES string of the molecule is CCCn1nncc1C(NN)C(CC)(CC)OCC. The van der Waals surface area contributed by atoms with Crippen molar-refractivity contribution < 1.29 is 4.74 Å². The van der Waals surface area contributed by atoms with Crippen molar-refractivity contribution in [2.45, 2.75) is 65.1 Å². The second kappa shape index (κ2) is 7.57. The van der Waals surface area contributed by atoms with Crippen molar-refractivity contribution in [3.05, 3.63) is 11.9 Å². The van der Waals surface area contributed by atoms with Crippen LogP contribution in [0.1, 0.15) is 58.7 Å². The Morgan fingerprint density at radius 3 is 2.53 bits per heavy atom. The van der Waals surface area contributed by atoms with E-state index in [2.05, 4.69) is 36.5 Å². The molecule has 0 radical (unpaired) electrons. The smallest absolute Gasteiger partial charge is 0.0934 e. The Kier molecular flexibility index (Phi) is 6.41. The maximum absolute atomic E-state index is 6.03. The van der Waals surface area contributed by atoms with Gasteiger partial charge in [-0.15, -0.1) is 5.10 Å². The quantitative estimate of drug-likeness (QED) is 0.528. The largest absolute Gasteiger partial charge is 0.373 e. The molecule has 0 aliphatic heterocycles. The molecule has 1 atom stereocenters. The van der Waals surface area contributed by atoms with Crippen molar-refractivity contribution in [3.63, 3.8) is 0 Å². The Bertz CT molecular complexity index is 362. The molecule has 0 saturated heterocycles. The van der Waals surface area contributed by atoms with Crippen molar-refractivity contribution in [2.24, 2.45) is 5.84 Å². The molecule has 110 valence electrons. The van der Waals surface area contributed by atoms with Crippen molar-refractivity contribution in [2.75, 3.05) is 6.61 Å². The topological polar surface area (TPSA) is 78.0 Å². The lowest BCUT2D eigenvalue weighted by molar-refractivity contribution is -0.0752. The molecule has 1 aromatic rings. The highest BCUT2D eigenvalue weighted by Crippen LogP contribution is 2.34. The first kappa shape index (κ1) is 16.1. The summed E-state index contributed by atoms with van der Waals surface area (Å²) in [6, 6.07) is -0.107. The summed E-state index contributed by atoms with van der Waals surface area (Å²) in [7, 11) is 0. The summed E-state index contributed by atoms with van der Waals surface area (Å²) in [5, 5.41) is 8.15. The maximum Gasteiger partial charge on any atom is 0.0934 e. The molecule has 0 aromatic carbocycles. The third-order valence-electron chi connectivity index (χ3n) is 3.70. The lowest BCUT2D eigenvalue weighted by Gasteiger charge is -2.38. The van der Waals surface area contributed by atoms with E-state index < -0.39 is 0 Å². The van der Waals surface area contributed by atoms with Gasteiger partial charge in [-0.3, -0.25) is 5.84 Å². The van der Waals surface area contributed by atoms with Crippen molar-refractivity contribution >= 4 is 0 Å². The fourth-order valence-corrected chi connectivity index (χ4v) is 2.61. The first-order valence-electron chi connectivity index (χ1n) is 7.17. The van der Waals surface area contributed by atoms with Crippen LogP contribution in [0, 0.1) is 0 Å². The van der Waals surface area contributed by atoms with Gasteiger partial charge < -0.3 is 4.74 Å². The van der Waals surface area contributed by atoms with Gasteiger partial charge in [0.15, 0.2) is 0 Å². The van der Waals surface area contributed by atoms with Gasteiger partial charge in [-0.1, -0.05) is 26.0 Å². The van der Waals surface area contributed by atoms with E-state index in [1.165, 1.54) is 0 Å². The van der Waals surface area contributed by atoms with E-state index in [0.29, 0.717) is 6.61 Å². The predicted octanol–water partition coefficient (Wildman–Crippen LogP) is 1.79. The Labute approximate surface area is 115 Å². The number of nitrogens with one attached hydrogen (secondary N) is 1. The number of nitrogens with zero attached hydrogens (tertiary/aromatic N) is 3. The summed E-state index contributed by atoms with van der Waals surface area (Å²) < 4.78 is 7.93. The Morgan fingerprint density at radius 2 is 2.05 bits per heavy atom. The summed E-state index contributed by atoms with van der Waals surface area (Å²) >= 11 is 0. The van der Waals surface area contributed by atoms with Gasteiger partial charge in [-0.2, -0.15) is 0 Å². The molecule has 0 bridgehead atoms. The van der Waals surface area contributed by atoms with Gasteiger partial charge in [0.05, 0.1) is 23.5 Å². The van der Waals surface area contributed by atoms with Crippen LogP contribution in [-0.4, -0.2) is 27.2 Å². The van der Waals surface area contributed by atoms with E-state index in [1.807, 2.05) is 11.6 Å². The number of hydrogen-bond donors (Lipinski definition) is 2. The average molecular weight is 269 g/mol. The zero-order chi connectivity index (χ0) is 14.3. The number of hydrazine groups is 1. The van der Waals surface area contributed by atoms with Crippen molar-refractivity contribution in [1.29, 1.82) is 0 Å². The lowest BCUT2D eigenvalue weighted by Crippen LogP contribution is -2.48. The summed E-state index contributed by atoms with van der Waals surface area (Å²) in [4.78, 5) is 0. The molecule has 19 heavy (non-hydrogen) atoms. The van der Waals surface area contributed by atoms with Crippen LogP contribution in [-0.2, 0) is 11.3 Å². The van der Waals surface area contributed by atoms with E-state index in [0.717, 1.165) is 31.5 Å². The summed E-state index contributed by atoms with van der Waals surface area (Å²) in [6.45, 7) is 9.87. The molecule has 6 nitrogen and oxygen atoms in total. The maximum atomic E-state index is 6.03. The van der Waals surface area contributed by atoms with Gasteiger partial charge in [0.25, 0.3) is 0 Å². The molecule has 1 heterocycles. The number of rotatable bonds is 9. The summed E-state index contributed by atoms with van der Waals surface area (Å²) in [5.41, 5.74) is 3.57. The number of aromatic nitrogens is 3. The van der Waals surface area contributed by atoms with Gasteiger partial charge in [0.1, 0.15) is 0 Å². The Morgan fingerprint density at radius 1 is 1.37 bits per heavy atom. The minimum atomic E-state index is -0.323.